The van der Waals surface area contributed by atoms with Crippen molar-refractivity contribution in [3.63, 3.8) is 0 Å². The van der Waals surface area contributed by atoms with E-state index in [1.807, 2.05) is 12.1 Å². The minimum Gasteiger partial charge on any atom is -0.508 e. The molecule has 100 valence electrons. The number of alkyl halides is 1. The summed E-state index contributed by atoms with van der Waals surface area (Å²) in [4.78, 5) is 0. The Morgan fingerprint density at radius 2 is 1.89 bits per heavy atom. The fraction of sp³-hybridized carbons (Fsp3) is 0.200. The van der Waals surface area contributed by atoms with Crippen LogP contribution in [0, 0.1) is 0 Å². The number of rotatable bonds is 2. The summed E-state index contributed by atoms with van der Waals surface area (Å²) in [6.07, 6.45) is -0.540. The summed E-state index contributed by atoms with van der Waals surface area (Å²) in [5, 5.41) is 18.8. The van der Waals surface area contributed by atoms with Gasteiger partial charge in [-0.3, -0.25) is 0 Å². The molecule has 2 aromatic rings. The number of ether oxygens (including phenoxy) is 1. The topological polar surface area (TPSA) is 49.7 Å². The van der Waals surface area contributed by atoms with E-state index in [1.54, 1.807) is 24.3 Å². The Morgan fingerprint density at radius 1 is 1.16 bits per heavy atom. The Morgan fingerprint density at radius 3 is 2.26 bits per heavy atom. The van der Waals surface area contributed by atoms with Gasteiger partial charge in [-0.15, -0.1) is 0 Å². The molecule has 2 aliphatic rings. The van der Waals surface area contributed by atoms with E-state index in [9.17, 15) is 5.11 Å². The van der Waals surface area contributed by atoms with Crippen LogP contribution >= 0.6 is 15.9 Å². The Bertz CT molecular complexity index is 502. The molecule has 0 amide bonds. The lowest BCUT2D eigenvalue weighted by Crippen LogP contribution is -2.00. The fourth-order valence-electron chi connectivity index (χ4n) is 1.67. The van der Waals surface area contributed by atoms with Gasteiger partial charge in [-0.2, -0.15) is 0 Å². The SMILES string of the molecule is Oc1cccc([C@@H](O)CBr)c1.c1cc2ccc1CO2. The number of phenols is 1. The highest BCUT2D eigenvalue weighted by Gasteiger charge is 2.04. The molecule has 2 heterocycles. The number of benzene rings is 2. The molecule has 0 unspecified atom stereocenters. The first-order valence-corrected chi connectivity index (χ1v) is 7.06. The molecule has 0 saturated carbocycles. The summed E-state index contributed by atoms with van der Waals surface area (Å²) in [5.74, 6) is 1.17. The zero-order chi connectivity index (χ0) is 13.7. The summed E-state index contributed by atoms with van der Waals surface area (Å²) in [6, 6.07) is 14.7. The maximum Gasteiger partial charge on any atom is 0.119 e. The van der Waals surface area contributed by atoms with E-state index in [0.29, 0.717) is 5.33 Å². The lowest BCUT2D eigenvalue weighted by molar-refractivity contribution is 0.205. The zero-order valence-corrected chi connectivity index (χ0v) is 11.9. The van der Waals surface area contributed by atoms with Crippen LogP contribution in [0.1, 0.15) is 17.2 Å². The van der Waals surface area contributed by atoms with Gasteiger partial charge in [0.15, 0.2) is 0 Å². The van der Waals surface area contributed by atoms with Gasteiger partial charge in [0.25, 0.3) is 0 Å². The van der Waals surface area contributed by atoms with Gasteiger partial charge >= 0.3 is 0 Å². The second kappa shape index (κ2) is 6.59. The van der Waals surface area contributed by atoms with Crippen LogP contribution in [0.4, 0.5) is 0 Å². The summed E-state index contributed by atoms with van der Waals surface area (Å²) in [6.45, 7) is 0.766. The standard InChI is InChI=1S/C8H9BrO2.C7H6O/c9-5-8(11)6-2-1-3-7(10)4-6;1-3-7-4-2-6(1)5-8-7/h1-4,8,10-11H,5H2;1-4H,5H2/t8-;/m0./s1. The van der Waals surface area contributed by atoms with E-state index >= 15 is 0 Å². The normalized spacial score (nSPS) is 13.2. The number of phenolic OH excluding ortho intramolecular Hbond substituents is 1. The van der Waals surface area contributed by atoms with Gasteiger partial charge in [-0.1, -0.05) is 40.2 Å². The van der Waals surface area contributed by atoms with E-state index in [0.717, 1.165) is 17.9 Å². The summed E-state index contributed by atoms with van der Waals surface area (Å²) >= 11 is 3.14. The summed E-state index contributed by atoms with van der Waals surface area (Å²) in [5.41, 5.74) is 1.99. The molecule has 4 rings (SSSR count). The molecule has 2 N–H and O–H groups in total. The number of aromatic hydroxyl groups is 1. The first-order chi connectivity index (χ1) is 9.19. The molecule has 0 fully saturated rings. The third-order valence-electron chi connectivity index (χ3n) is 2.73. The second-order valence-corrected chi connectivity index (χ2v) is 4.85. The molecule has 2 aliphatic heterocycles. The molecule has 0 aliphatic carbocycles. The molecule has 4 heteroatoms. The van der Waals surface area contributed by atoms with Gasteiger partial charge in [0.2, 0.25) is 0 Å². The lowest BCUT2D eigenvalue weighted by atomic mass is 10.1. The molecule has 19 heavy (non-hydrogen) atoms. The van der Waals surface area contributed by atoms with Gasteiger partial charge in [0.05, 0.1) is 6.10 Å². The first-order valence-electron chi connectivity index (χ1n) is 5.94. The minimum absolute atomic E-state index is 0.183. The maximum atomic E-state index is 9.30. The van der Waals surface area contributed by atoms with E-state index in [2.05, 4.69) is 28.1 Å². The number of aliphatic hydroxyl groups is 1. The number of hydrogen-bond donors (Lipinski definition) is 2. The monoisotopic (exact) mass is 322 g/mol. The Balaban J connectivity index is 0.000000146. The third kappa shape index (κ3) is 3.98. The first kappa shape index (κ1) is 13.9. The molecule has 0 radical (unpaired) electrons. The molecule has 3 nitrogen and oxygen atoms in total. The van der Waals surface area contributed by atoms with Crippen LogP contribution in [0.3, 0.4) is 0 Å². The molecule has 2 bridgehead atoms. The largest absolute Gasteiger partial charge is 0.508 e. The van der Waals surface area contributed by atoms with E-state index < -0.39 is 6.10 Å². The predicted molar refractivity (Wildman–Crippen MR) is 77.6 cm³/mol. The number of hydrogen-bond acceptors (Lipinski definition) is 3. The molecule has 2 aromatic carbocycles. The predicted octanol–water partition coefficient (Wildman–Crippen LogP) is 3.40. The Hall–Kier alpha value is -1.52. The average Bonchev–Trinajstić information content (AvgIpc) is 2.49. The van der Waals surface area contributed by atoms with Crippen LogP contribution in [0.25, 0.3) is 0 Å². The van der Waals surface area contributed by atoms with Crippen molar-refractivity contribution in [3.05, 3.63) is 59.7 Å². The fourth-order valence-corrected chi connectivity index (χ4v) is 2.04. The highest BCUT2D eigenvalue weighted by Crippen LogP contribution is 2.19. The zero-order valence-electron chi connectivity index (χ0n) is 10.3. The van der Waals surface area contributed by atoms with Crippen molar-refractivity contribution in [1.29, 1.82) is 0 Å². The smallest absolute Gasteiger partial charge is 0.119 e. The molecule has 0 saturated heterocycles. The third-order valence-corrected chi connectivity index (χ3v) is 3.34. The molecule has 1 atom stereocenters. The van der Waals surface area contributed by atoms with E-state index in [-0.39, 0.29) is 5.75 Å². The Labute approximate surface area is 120 Å². The molecular formula is C15H15BrO3. The van der Waals surface area contributed by atoms with Gasteiger partial charge < -0.3 is 14.9 Å². The highest BCUT2D eigenvalue weighted by molar-refractivity contribution is 9.09. The number of aliphatic hydroxyl groups excluding tert-OH is 1. The molecule has 0 aromatic heterocycles. The summed E-state index contributed by atoms with van der Waals surface area (Å²) in [7, 11) is 0. The quantitative estimate of drug-likeness (QED) is 0.833. The molecular weight excluding hydrogens is 308 g/mol. The van der Waals surface area contributed by atoms with Gasteiger partial charge in [-0.05, 0) is 35.4 Å². The van der Waals surface area contributed by atoms with Crippen molar-refractivity contribution in [2.45, 2.75) is 12.7 Å². The van der Waals surface area contributed by atoms with Gasteiger partial charge in [-0.25, -0.2) is 0 Å². The van der Waals surface area contributed by atoms with Crippen LogP contribution in [0.2, 0.25) is 0 Å². The van der Waals surface area contributed by atoms with Crippen LogP contribution in [-0.2, 0) is 6.61 Å². The van der Waals surface area contributed by atoms with E-state index in [1.165, 1.54) is 5.56 Å². The van der Waals surface area contributed by atoms with Crippen LogP contribution in [0.5, 0.6) is 11.5 Å². The van der Waals surface area contributed by atoms with Crippen molar-refractivity contribution >= 4 is 15.9 Å². The second-order valence-electron chi connectivity index (χ2n) is 4.20. The van der Waals surface area contributed by atoms with Crippen molar-refractivity contribution < 1.29 is 14.9 Å². The Kier molecular flexibility index (Phi) is 4.82. The van der Waals surface area contributed by atoms with Crippen LogP contribution < -0.4 is 4.74 Å². The van der Waals surface area contributed by atoms with Crippen LogP contribution in [-0.4, -0.2) is 15.5 Å². The van der Waals surface area contributed by atoms with Crippen molar-refractivity contribution in [3.8, 4) is 11.5 Å². The van der Waals surface area contributed by atoms with E-state index in [4.69, 9.17) is 9.84 Å². The average molecular weight is 323 g/mol. The lowest BCUT2D eigenvalue weighted by Gasteiger charge is -2.11. The maximum absolute atomic E-state index is 9.30. The van der Waals surface area contributed by atoms with Crippen molar-refractivity contribution in [2.75, 3.05) is 5.33 Å². The summed E-state index contributed by atoms with van der Waals surface area (Å²) < 4.78 is 5.18. The number of fused-ring (bicyclic) bond motifs is 3. The van der Waals surface area contributed by atoms with Gasteiger partial charge in [0, 0.05) is 5.33 Å². The van der Waals surface area contributed by atoms with Gasteiger partial charge in [0.1, 0.15) is 18.1 Å². The highest BCUT2D eigenvalue weighted by atomic mass is 79.9. The van der Waals surface area contributed by atoms with Crippen molar-refractivity contribution in [1.82, 2.24) is 0 Å². The minimum atomic E-state index is -0.540. The number of halogens is 1. The van der Waals surface area contributed by atoms with Crippen LogP contribution in [0.15, 0.2) is 48.5 Å². The molecule has 0 spiro atoms. The van der Waals surface area contributed by atoms with Crippen molar-refractivity contribution in [2.24, 2.45) is 0 Å².